The lowest BCUT2D eigenvalue weighted by molar-refractivity contribution is -0.136. The van der Waals surface area contributed by atoms with Gasteiger partial charge >= 0.3 is 11.8 Å². The van der Waals surface area contributed by atoms with E-state index in [9.17, 15) is 9.59 Å². The van der Waals surface area contributed by atoms with Gasteiger partial charge in [0.2, 0.25) is 0 Å². The molecule has 158 valence electrons. The van der Waals surface area contributed by atoms with Crippen LogP contribution in [-0.2, 0) is 16.2 Å². The molecule has 0 fully saturated rings. The highest BCUT2D eigenvalue weighted by Gasteiger charge is 2.13. The van der Waals surface area contributed by atoms with Crippen LogP contribution in [0.2, 0.25) is 0 Å². The molecule has 2 amide bonds. The third kappa shape index (κ3) is 6.54. The van der Waals surface area contributed by atoms with Crippen LogP contribution in [0.25, 0.3) is 0 Å². The molecular formula is C25H25N3O3. The van der Waals surface area contributed by atoms with Crippen molar-refractivity contribution < 1.29 is 14.3 Å². The standard InChI is InChI=1S/C25H25N3O3/c1-17-4-7-21(8-5-17)16-31-23-12-9-20(10-13-23)15-26-28-25(30)24(29)27-22-11-6-18(2)19(3)14-22/h4-15H,16H2,1-3H3,(H,27,29)(H,28,30)/b26-15+. The van der Waals surface area contributed by atoms with Gasteiger partial charge < -0.3 is 10.1 Å². The average Bonchev–Trinajstić information content (AvgIpc) is 2.76. The maximum atomic E-state index is 12.0. The summed E-state index contributed by atoms with van der Waals surface area (Å²) in [5.74, 6) is -0.887. The maximum Gasteiger partial charge on any atom is 0.329 e. The Kier molecular flexibility index (Phi) is 7.17. The van der Waals surface area contributed by atoms with Gasteiger partial charge in [-0.15, -0.1) is 0 Å². The minimum Gasteiger partial charge on any atom is -0.489 e. The summed E-state index contributed by atoms with van der Waals surface area (Å²) in [5.41, 5.74) is 8.00. The molecule has 0 bridgehead atoms. The van der Waals surface area contributed by atoms with Crippen LogP contribution in [0.5, 0.6) is 5.75 Å². The van der Waals surface area contributed by atoms with E-state index in [1.807, 2.05) is 69.3 Å². The zero-order valence-corrected chi connectivity index (χ0v) is 17.8. The Hall–Kier alpha value is -3.93. The SMILES string of the molecule is Cc1ccc(COc2ccc(/C=N/NC(=O)C(=O)Nc3ccc(C)c(C)c3)cc2)cc1. The second-order valence-electron chi connectivity index (χ2n) is 7.30. The van der Waals surface area contributed by atoms with Gasteiger partial charge in [0.1, 0.15) is 12.4 Å². The Morgan fingerprint density at radius 3 is 2.26 bits per heavy atom. The van der Waals surface area contributed by atoms with E-state index in [0.29, 0.717) is 12.3 Å². The third-order valence-corrected chi connectivity index (χ3v) is 4.76. The Morgan fingerprint density at radius 1 is 0.871 bits per heavy atom. The van der Waals surface area contributed by atoms with Crippen LogP contribution in [0, 0.1) is 20.8 Å². The minimum atomic E-state index is -0.840. The summed E-state index contributed by atoms with van der Waals surface area (Å²) in [4.78, 5) is 23.9. The van der Waals surface area contributed by atoms with E-state index in [1.54, 1.807) is 6.07 Å². The summed E-state index contributed by atoms with van der Waals surface area (Å²) >= 11 is 0. The first kappa shape index (κ1) is 21.8. The molecule has 0 saturated heterocycles. The molecule has 6 nitrogen and oxygen atoms in total. The van der Waals surface area contributed by atoms with Crippen LogP contribution < -0.4 is 15.5 Å². The monoisotopic (exact) mass is 415 g/mol. The summed E-state index contributed by atoms with van der Waals surface area (Å²) in [5, 5.41) is 6.40. The lowest BCUT2D eigenvalue weighted by atomic mass is 10.1. The third-order valence-electron chi connectivity index (χ3n) is 4.76. The molecule has 0 aliphatic rings. The van der Waals surface area contributed by atoms with Gasteiger partial charge in [0.25, 0.3) is 0 Å². The van der Waals surface area contributed by atoms with Crippen LogP contribution in [0.3, 0.4) is 0 Å². The fourth-order valence-electron chi connectivity index (χ4n) is 2.72. The number of hydrogen-bond donors (Lipinski definition) is 2. The van der Waals surface area contributed by atoms with Crippen LogP contribution in [0.15, 0.2) is 71.8 Å². The first-order valence-corrected chi connectivity index (χ1v) is 9.91. The van der Waals surface area contributed by atoms with E-state index in [4.69, 9.17) is 4.74 Å². The van der Waals surface area contributed by atoms with Crippen LogP contribution >= 0.6 is 0 Å². The molecule has 0 heterocycles. The number of benzene rings is 3. The van der Waals surface area contributed by atoms with Crippen molar-refractivity contribution in [3.63, 3.8) is 0 Å². The second-order valence-corrected chi connectivity index (χ2v) is 7.30. The summed E-state index contributed by atoms with van der Waals surface area (Å²) in [6, 6.07) is 20.9. The number of hydrazone groups is 1. The van der Waals surface area contributed by atoms with Crippen LogP contribution in [0.4, 0.5) is 5.69 Å². The van der Waals surface area contributed by atoms with Gasteiger partial charge in [-0.25, -0.2) is 5.43 Å². The number of anilines is 1. The van der Waals surface area contributed by atoms with Gasteiger partial charge in [0.15, 0.2) is 0 Å². The predicted octanol–water partition coefficient (Wildman–Crippen LogP) is 4.28. The number of rotatable bonds is 6. The molecule has 3 aromatic carbocycles. The Bertz CT molecular complexity index is 1090. The normalized spacial score (nSPS) is 10.7. The molecule has 0 radical (unpaired) electrons. The second kappa shape index (κ2) is 10.2. The van der Waals surface area contributed by atoms with Crippen molar-refractivity contribution in [3.05, 3.63) is 94.5 Å². The van der Waals surface area contributed by atoms with E-state index < -0.39 is 11.8 Å². The van der Waals surface area contributed by atoms with Crippen molar-refractivity contribution in [3.8, 4) is 5.75 Å². The number of hydrogen-bond acceptors (Lipinski definition) is 4. The number of ether oxygens (including phenoxy) is 1. The van der Waals surface area contributed by atoms with E-state index in [-0.39, 0.29) is 0 Å². The highest BCUT2D eigenvalue weighted by Crippen LogP contribution is 2.15. The number of nitrogens with one attached hydrogen (secondary N) is 2. The predicted molar refractivity (Wildman–Crippen MR) is 122 cm³/mol. The molecule has 3 rings (SSSR count). The molecule has 3 aromatic rings. The number of carbonyl (C=O) groups is 2. The Morgan fingerprint density at radius 2 is 1.58 bits per heavy atom. The number of aryl methyl sites for hydroxylation is 3. The van der Waals surface area contributed by atoms with Crippen molar-refractivity contribution in [2.45, 2.75) is 27.4 Å². The molecule has 0 aromatic heterocycles. The largest absolute Gasteiger partial charge is 0.489 e. The van der Waals surface area contributed by atoms with Gasteiger partial charge in [-0.3, -0.25) is 9.59 Å². The lowest BCUT2D eigenvalue weighted by Gasteiger charge is -2.07. The summed E-state index contributed by atoms with van der Waals surface area (Å²) in [6.45, 7) is 6.45. The molecule has 0 aliphatic heterocycles. The van der Waals surface area contributed by atoms with Crippen LogP contribution in [0.1, 0.15) is 27.8 Å². The number of carbonyl (C=O) groups excluding carboxylic acids is 2. The fourth-order valence-corrected chi connectivity index (χ4v) is 2.72. The number of nitrogens with zero attached hydrogens (tertiary/aromatic N) is 1. The molecule has 6 heteroatoms. The quantitative estimate of drug-likeness (QED) is 0.358. The molecule has 0 unspecified atom stereocenters. The molecule has 31 heavy (non-hydrogen) atoms. The van der Waals surface area contributed by atoms with Crippen molar-refractivity contribution >= 4 is 23.7 Å². The van der Waals surface area contributed by atoms with E-state index in [2.05, 4.69) is 28.0 Å². The van der Waals surface area contributed by atoms with Crippen LogP contribution in [-0.4, -0.2) is 18.0 Å². The lowest BCUT2D eigenvalue weighted by Crippen LogP contribution is -2.32. The first-order valence-electron chi connectivity index (χ1n) is 9.91. The molecule has 0 aliphatic carbocycles. The average molecular weight is 415 g/mol. The highest BCUT2D eigenvalue weighted by molar-refractivity contribution is 6.39. The van der Waals surface area contributed by atoms with Crippen molar-refractivity contribution in [1.29, 1.82) is 0 Å². The van der Waals surface area contributed by atoms with Gasteiger partial charge in [-0.1, -0.05) is 35.9 Å². The van der Waals surface area contributed by atoms with Crippen molar-refractivity contribution in [2.75, 3.05) is 5.32 Å². The number of amides is 2. The van der Waals surface area contributed by atoms with Crippen molar-refractivity contribution in [1.82, 2.24) is 5.43 Å². The smallest absolute Gasteiger partial charge is 0.329 e. The maximum absolute atomic E-state index is 12.0. The topological polar surface area (TPSA) is 79.8 Å². The van der Waals surface area contributed by atoms with Gasteiger partial charge in [0.05, 0.1) is 6.21 Å². The molecule has 0 saturated carbocycles. The molecule has 0 spiro atoms. The first-order chi connectivity index (χ1) is 14.9. The van der Waals surface area contributed by atoms with Gasteiger partial charge in [0, 0.05) is 5.69 Å². The Balaban J connectivity index is 1.47. The van der Waals surface area contributed by atoms with E-state index >= 15 is 0 Å². The molecule has 0 atom stereocenters. The zero-order valence-electron chi connectivity index (χ0n) is 17.8. The minimum absolute atomic E-state index is 0.486. The van der Waals surface area contributed by atoms with E-state index in [1.165, 1.54) is 11.8 Å². The Labute approximate surface area is 182 Å². The van der Waals surface area contributed by atoms with E-state index in [0.717, 1.165) is 28.0 Å². The zero-order chi connectivity index (χ0) is 22.2. The fraction of sp³-hybridized carbons (Fsp3) is 0.160. The van der Waals surface area contributed by atoms with Gasteiger partial charge in [-0.2, -0.15) is 5.10 Å². The van der Waals surface area contributed by atoms with Crippen molar-refractivity contribution in [2.24, 2.45) is 5.10 Å². The summed E-state index contributed by atoms with van der Waals surface area (Å²) in [6.07, 6.45) is 1.46. The molecular weight excluding hydrogens is 390 g/mol. The van der Waals surface area contributed by atoms with Gasteiger partial charge in [-0.05, 0) is 79.4 Å². The summed E-state index contributed by atoms with van der Waals surface area (Å²) in [7, 11) is 0. The highest BCUT2D eigenvalue weighted by atomic mass is 16.5. The molecule has 2 N–H and O–H groups in total. The summed E-state index contributed by atoms with van der Waals surface area (Å²) < 4.78 is 5.77.